The van der Waals surface area contributed by atoms with Gasteiger partial charge in [-0.05, 0) is 13.0 Å². The molecule has 1 amide bonds. The van der Waals surface area contributed by atoms with Crippen molar-refractivity contribution in [1.82, 2.24) is 0 Å². The fourth-order valence-electron chi connectivity index (χ4n) is 2.58. The summed E-state index contributed by atoms with van der Waals surface area (Å²) in [4.78, 5) is 34.0. The molecule has 0 saturated carbocycles. The molecule has 0 radical (unpaired) electrons. The first-order valence-electron chi connectivity index (χ1n) is 7.78. The lowest BCUT2D eigenvalue weighted by molar-refractivity contribution is -0.386. The largest absolute Gasteiger partial charge is 0.493 e. The van der Waals surface area contributed by atoms with Gasteiger partial charge in [0.1, 0.15) is 5.56 Å². The van der Waals surface area contributed by atoms with Crippen molar-refractivity contribution >= 4 is 23.0 Å². The third kappa shape index (κ3) is 3.77. The van der Waals surface area contributed by atoms with Gasteiger partial charge in [0.2, 0.25) is 11.5 Å². The molecule has 0 atom stereocenters. The summed E-state index contributed by atoms with van der Waals surface area (Å²) in [6.07, 6.45) is 0. The average molecular weight is 391 g/mol. The van der Waals surface area contributed by atoms with Crippen LogP contribution in [-0.2, 0) is 0 Å². The molecular formula is C17H17N3O8. The van der Waals surface area contributed by atoms with E-state index in [0.29, 0.717) is 5.56 Å². The highest BCUT2D eigenvalue weighted by Crippen LogP contribution is 2.46. The van der Waals surface area contributed by atoms with E-state index in [9.17, 15) is 25.0 Å². The van der Waals surface area contributed by atoms with E-state index in [1.165, 1.54) is 33.5 Å². The van der Waals surface area contributed by atoms with Crippen LogP contribution >= 0.6 is 0 Å². The zero-order valence-electron chi connectivity index (χ0n) is 15.5. The number of nitrogens with zero attached hydrogens (tertiary/aromatic N) is 2. The Balaban J connectivity index is 2.57. The molecule has 2 rings (SSSR count). The number of hydrogen-bond donors (Lipinski definition) is 1. The Morgan fingerprint density at radius 2 is 1.61 bits per heavy atom. The van der Waals surface area contributed by atoms with Crippen LogP contribution in [0.3, 0.4) is 0 Å². The first-order chi connectivity index (χ1) is 13.2. The van der Waals surface area contributed by atoms with E-state index in [2.05, 4.69) is 5.32 Å². The Hall–Kier alpha value is -3.89. The van der Waals surface area contributed by atoms with Crippen molar-refractivity contribution in [2.45, 2.75) is 6.92 Å². The maximum Gasteiger partial charge on any atom is 0.327 e. The summed E-state index contributed by atoms with van der Waals surface area (Å²) >= 11 is 0. The second kappa shape index (κ2) is 8.20. The van der Waals surface area contributed by atoms with Crippen molar-refractivity contribution < 1.29 is 28.9 Å². The third-order valence-corrected chi connectivity index (χ3v) is 3.89. The Labute approximate surface area is 159 Å². The monoisotopic (exact) mass is 391 g/mol. The lowest BCUT2D eigenvalue weighted by atomic mass is 10.1. The summed E-state index contributed by atoms with van der Waals surface area (Å²) in [6.45, 7) is 1.55. The number of nitro benzene ring substituents is 2. The summed E-state index contributed by atoms with van der Waals surface area (Å²) in [5, 5.41) is 25.1. The van der Waals surface area contributed by atoms with Crippen molar-refractivity contribution in [3.8, 4) is 17.2 Å². The summed E-state index contributed by atoms with van der Waals surface area (Å²) in [6, 6.07) is 5.20. The standard InChI is InChI=1S/C17H17N3O8/c1-9-5-6-10(7-12(9)19(22)23)18-17(21)11-8-13(26-2)15(27-3)16(28-4)14(11)20(24)25/h5-8H,1-4H3,(H,18,21). The van der Waals surface area contributed by atoms with Gasteiger partial charge >= 0.3 is 5.69 Å². The molecule has 11 heteroatoms. The second-order valence-electron chi connectivity index (χ2n) is 5.51. The van der Waals surface area contributed by atoms with Gasteiger partial charge < -0.3 is 19.5 Å². The second-order valence-corrected chi connectivity index (χ2v) is 5.51. The van der Waals surface area contributed by atoms with E-state index in [-0.39, 0.29) is 34.2 Å². The number of carbonyl (C=O) groups excluding carboxylic acids is 1. The van der Waals surface area contributed by atoms with E-state index >= 15 is 0 Å². The molecule has 0 fully saturated rings. The molecule has 2 aromatic rings. The molecular weight excluding hydrogens is 374 g/mol. The van der Waals surface area contributed by atoms with Crippen LogP contribution in [0.2, 0.25) is 0 Å². The number of methoxy groups -OCH3 is 3. The fourth-order valence-corrected chi connectivity index (χ4v) is 2.58. The van der Waals surface area contributed by atoms with E-state index in [1.807, 2.05) is 0 Å². The van der Waals surface area contributed by atoms with Crippen LogP contribution in [0.15, 0.2) is 24.3 Å². The number of aryl methyl sites for hydroxylation is 1. The van der Waals surface area contributed by atoms with Gasteiger partial charge in [0.15, 0.2) is 5.75 Å². The number of nitrogens with one attached hydrogen (secondary N) is 1. The SMILES string of the molecule is COc1cc(C(=O)Nc2ccc(C)c([N+](=O)[O-])c2)c([N+](=O)[O-])c(OC)c1OC. The third-order valence-electron chi connectivity index (χ3n) is 3.89. The summed E-state index contributed by atoms with van der Waals surface area (Å²) < 4.78 is 15.3. The van der Waals surface area contributed by atoms with Crippen LogP contribution in [0.25, 0.3) is 0 Å². The molecule has 28 heavy (non-hydrogen) atoms. The summed E-state index contributed by atoms with van der Waals surface area (Å²) in [5.74, 6) is -1.15. The highest BCUT2D eigenvalue weighted by molar-refractivity contribution is 6.08. The number of nitro groups is 2. The van der Waals surface area contributed by atoms with Gasteiger partial charge in [-0.2, -0.15) is 0 Å². The zero-order valence-corrected chi connectivity index (χ0v) is 15.5. The first kappa shape index (κ1) is 20.4. The van der Waals surface area contributed by atoms with E-state index in [1.54, 1.807) is 6.92 Å². The molecule has 0 saturated heterocycles. The van der Waals surface area contributed by atoms with Crippen molar-refractivity contribution in [2.75, 3.05) is 26.6 Å². The topological polar surface area (TPSA) is 143 Å². The number of benzene rings is 2. The minimum atomic E-state index is -0.871. The van der Waals surface area contributed by atoms with Gasteiger partial charge in [-0.3, -0.25) is 25.0 Å². The van der Waals surface area contributed by atoms with E-state index < -0.39 is 21.4 Å². The average Bonchev–Trinajstić information content (AvgIpc) is 2.66. The summed E-state index contributed by atoms with van der Waals surface area (Å²) in [7, 11) is 3.76. The number of ether oxygens (including phenoxy) is 3. The lowest BCUT2D eigenvalue weighted by Gasteiger charge is -2.15. The van der Waals surface area contributed by atoms with Crippen molar-refractivity contribution in [2.24, 2.45) is 0 Å². The number of carbonyl (C=O) groups is 1. The molecule has 1 N–H and O–H groups in total. The van der Waals surface area contributed by atoms with Crippen LogP contribution in [0.4, 0.5) is 17.1 Å². The number of hydrogen-bond acceptors (Lipinski definition) is 8. The zero-order chi connectivity index (χ0) is 21.0. The summed E-state index contributed by atoms with van der Waals surface area (Å²) in [5.41, 5.74) is -0.675. The molecule has 11 nitrogen and oxygen atoms in total. The molecule has 148 valence electrons. The van der Waals surface area contributed by atoms with Crippen molar-refractivity contribution in [1.29, 1.82) is 0 Å². The highest BCUT2D eigenvalue weighted by atomic mass is 16.6. The molecule has 0 aliphatic rings. The smallest absolute Gasteiger partial charge is 0.327 e. The normalized spacial score (nSPS) is 10.1. The van der Waals surface area contributed by atoms with Crippen LogP contribution in [0, 0.1) is 27.2 Å². The van der Waals surface area contributed by atoms with Crippen molar-refractivity contribution in [3.63, 3.8) is 0 Å². The minimum absolute atomic E-state index is 0.0424. The van der Waals surface area contributed by atoms with E-state index in [0.717, 1.165) is 12.1 Å². The molecule has 0 aliphatic heterocycles. The predicted molar refractivity (Wildman–Crippen MR) is 98.5 cm³/mol. The molecule has 0 aromatic heterocycles. The molecule has 0 heterocycles. The maximum absolute atomic E-state index is 12.7. The van der Waals surface area contributed by atoms with Crippen LogP contribution < -0.4 is 19.5 Å². The van der Waals surface area contributed by atoms with Gasteiger partial charge in [-0.1, -0.05) is 6.07 Å². The predicted octanol–water partition coefficient (Wildman–Crippen LogP) is 3.09. The van der Waals surface area contributed by atoms with E-state index in [4.69, 9.17) is 14.2 Å². The van der Waals surface area contributed by atoms with Crippen LogP contribution in [0.1, 0.15) is 15.9 Å². The number of rotatable bonds is 7. The quantitative estimate of drug-likeness (QED) is 0.560. The van der Waals surface area contributed by atoms with Crippen LogP contribution in [0.5, 0.6) is 17.2 Å². The van der Waals surface area contributed by atoms with Gasteiger partial charge in [0.25, 0.3) is 11.6 Å². The van der Waals surface area contributed by atoms with Crippen molar-refractivity contribution in [3.05, 3.63) is 55.6 Å². The molecule has 2 aromatic carbocycles. The molecule has 0 unspecified atom stereocenters. The fraction of sp³-hybridized carbons (Fsp3) is 0.235. The van der Waals surface area contributed by atoms with Gasteiger partial charge in [0.05, 0.1) is 31.2 Å². The Morgan fingerprint density at radius 1 is 0.964 bits per heavy atom. The first-order valence-corrected chi connectivity index (χ1v) is 7.78. The number of anilines is 1. The van der Waals surface area contributed by atoms with Gasteiger partial charge in [0, 0.05) is 23.4 Å². The Morgan fingerprint density at radius 3 is 2.11 bits per heavy atom. The van der Waals surface area contributed by atoms with Gasteiger partial charge in [-0.15, -0.1) is 0 Å². The van der Waals surface area contributed by atoms with Gasteiger partial charge in [-0.25, -0.2) is 0 Å². The van der Waals surface area contributed by atoms with Crippen LogP contribution in [-0.4, -0.2) is 37.1 Å². The lowest BCUT2D eigenvalue weighted by Crippen LogP contribution is -2.15. The highest BCUT2D eigenvalue weighted by Gasteiger charge is 2.32. The minimum Gasteiger partial charge on any atom is -0.493 e. The molecule has 0 aliphatic carbocycles. The molecule has 0 bridgehead atoms. The number of amides is 1. The Bertz CT molecular complexity index is 958. The molecule has 0 spiro atoms. The Kier molecular flexibility index (Phi) is 5.98. The maximum atomic E-state index is 12.7.